The molecule has 0 aromatic heterocycles. The molecule has 1 unspecified atom stereocenters. The molecule has 11 heteroatoms. The van der Waals surface area contributed by atoms with Crippen LogP contribution >= 0.6 is 7.82 Å². The van der Waals surface area contributed by atoms with Crippen molar-refractivity contribution in [1.29, 1.82) is 0 Å². The standard InChI is InChI=1S/C44H73O10P/c1-3-5-7-9-11-13-15-17-19-20-22-24-26-28-30-32-34-36-44(48)54-42(40-53-55(49,50)52-38-41(46)37-45)39-51-43(47)35-33-31-29-27-25-23-21-18-16-14-12-10-8-6-4-2/h6,8,11-14,17-19,21-22,24-25,27,41-42,45-46H,3-5,7,9-10,15-16,20,23,26,28-40H2,1-2H3,(H,49,50)/b8-6+,13-11+,14-12+,19-17+,21-18+,24-22+,27-25+/t41-,42+/m0/s1. The number of esters is 2. The van der Waals surface area contributed by atoms with Crippen molar-refractivity contribution >= 4 is 19.8 Å². The number of aliphatic hydroxyl groups excluding tert-OH is 2. The molecule has 0 radical (unpaired) electrons. The molecule has 0 aliphatic carbocycles. The number of ether oxygens (including phenoxy) is 2. The van der Waals surface area contributed by atoms with E-state index in [2.05, 4.69) is 103 Å². The van der Waals surface area contributed by atoms with Gasteiger partial charge in [0.15, 0.2) is 6.10 Å². The number of aliphatic hydroxyl groups is 2. The Morgan fingerprint density at radius 1 is 0.564 bits per heavy atom. The Morgan fingerprint density at radius 2 is 1.00 bits per heavy atom. The molecule has 0 bridgehead atoms. The maximum Gasteiger partial charge on any atom is 0.472 e. The molecule has 0 amide bonds. The van der Waals surface area contributed by atoms with Crippen LogP contribution in [0.4, 0.5) is 0 Å². The second-order valence-electron chi connectivity index (χ2n) is 13.3. The summed E-state index contributed by atoms with van der Waals surface area (Å²) in [6, 6.07) is 0. The van der Waals surface area contributed by atoms with Crippen molar-refractivity contribution in [3.63, 3.8) is 0 Å². The minimum atomic E-state index is -4.64. The molecule has 0 aromatic carbocycles. The van der Waals surface area contributed by atoms with Crippen molar-refractivity contribution in [3.8, 4) is 0 Å². The Morgan fingerprint density at radius 3 is 1.53 bits per heavy atom. The van der Waals surface area contributed by atoms with Gasteiger partial charge in [0.1, 0.15) is 12.7 Å². The summed E-state index contributed by atoms with van der Waals surface area (Å²) in [6.45, 7) is 2.13. The smallest absolute Gasteiger partial charge is 0.462 e. The maximum absolute atomic E-state index is 12.6. The number of unbranched alkanes of at least 4 members (excludes halogenated alkanes) is 9. The van der Waals surface area contributed by atoms with Crippen LogP contribution in [0.5, 0.6) is 0 Å². The first-order chi connectivity index (χ1) is 26.7. The highest BCUT2D eigenvalue weighted by atomic mass is 31.2. The lowest BCUT2D eigenvalue weighted by Gasteiger charge is -2.20. The molecule has 0 saturated carbocycles. The van der Waals surface area contributed by atoms with E-state index in [1.165, 1.54) is 19.3 Å². The van der Waals surface area contributed by atoms with Crippen LogP contribution < -0.4 is 0 Å². The molecule has 3 atom stereocenters. The van der Waals surface area contributed by atoms with Gasteiger partial charge in [-0.15, -0.1) is 0 Å². The van der Waals surface area contributed by atoms with Gasteiger partial charge in [0.05, 0.1) is 19.8 Å². The minimum absolute atomic E-state index is 0.144. The van der Waals surface area contributed by atoms with E-state index in [9.17, 15) is 24.2 Å². The fourth-order valence-corrected chi connectivity index (χ4v) is 5.66. The van der Waals surface area contributed by atoms with Crippen molar-refractivity contribution in [3.05, 3.63) is 85.1 Å². The predicted octanol–water partition coefficient (Wildman–Crippen LogP) is 10.7. The van der Waals surface area contributed by atoms with Crippen molar-refractivity contribution < 1.29 is 47.8 Å². The van der Waals surface area contributed by atoms with Gasteiger partial charge in [0, 0.05) is 12.8 Å². The van der Waals surface area contributed by atoms with Crippen LogP contribution in [0, 0.1) is 0 Å². The monoisotopic (exact) mass is 792 g/mol. The maximum atomic E-state index is 12.6. The average molecular weight is 793 g/mol. The molecule has 0 fully saturated rings. The Bertz CT molecular complexity index is 1190. The van der Waals surface area contributed by atoms with E-state index in [1.54, 1.807) is 0 Å². The van der Waals surface area contributed by atoms with Crippen LogP contribution in [0.15, 0.2) is 85.1 Å². The fraction of sp³-hybridized carbons (Fsp3) is 0.636. The lowest BCUT2D eigenvalue weighted by Crippen LogP contribution is -2.29. The summed E-state index contributed by atoms with van der Waals surface area (Å²) in [5, 5.41) is 18.3. The van der Waals surface area contributed by atoms with Crippen molar-refractivity contribution in [2.75, 3.05) is 26.4 Å². The van der Waals surface area contributed by atoms with Gasteiger partial charge in [-0.3, -0.25) is 18.6 Å². The van der Waals surface area contributed by atoms with Gasteiger partial charge in [-0.1, -0.05) is 125 Å². The highest BCUT2D eigenvalue weighted by Crippen LogP contribution is 2.43. The van der Waals surface area contributed by atoms with Crippen LogP contribution in [-0.2, 0) is 32.7 Å². The molecule has 0 rings (SSSR count). The molecule has 0 aliphatic rings. The van der Waals surface area contributed by atoms with Gasteiger partial charge in [-0.2, -0.15) is 0 Å². The number of carbonyl (C=O) groups is 2. The SMILES string of the molecule is CC/C=C/C/C=C/C/C=C/C/C=C/CCCCC(=O)OC[C@H](COP(=O)(O)OC[C@@H](O)CO)OC(=O)CCCCCC/C=C/C/C=C/C/C=C/CCCCC. The molecule has 314 valence electrons. The number of hydrogen-bond donors (Lipinski definition) is 3. The molecular formula is C44H73O10P. The van der Waals surface area contributed by atoms with Crippen molar-refractivity contribution in [1.82, 2.24) is 0 Å². The van der Waals surface area contributed by atoms with Gasteiger partial charge in [0.2, 0.25) is 0 Å². The van der Waals surface area contributed by atoms with E-state index in [4.69, 9.17) is 19.1 Å². The topological polar surface area (TPSA) is 149 Å². The molecule has 0 aliphatic heterocycles. The number of phosphoric acid groups is 1. The van der Waals surface area contributed by atoms with Gasteiger partial charge >= 0.3 is 19.8 Å². The quantitative estimate of drug-likeness (QED) is 0.0240. The van der Waals surface area contributed by atoms with Crippen LogP contribution in [0.1, 0.15) is 142 Å². The van der Waals surface area contributed by atoms with Crippen LogP contribution in [0.25, 0.3) is 0 Å². The lowest BCUT2D eigenvalue weighted by atomic mass is 10.1. The number of carbonyl (C=O) groups excluding carboxylic acids is 2. The molecule has 0 heterocycles. The number of phosphoric ester groups is 1. The van der Waals surface area contributed by atoms with Gasteiger partial charge in [-0.25, -0.2) is 4.57 Å². The molecule has 3 N–H and O–H groups in total. The molecule has 0 saturated heterocycles. The molecular weight excluding hydrogens is 719 g/mol. The molecule has 55 heavy (non-hydrogen) atoms. The lowest BCUT2D eigenvalue weighted by molar-refractivity contribution is -0.161. The van der Waals surface area contributed by atoms with E-state index in [0.29, 0.717) is 12.8 Å². The van der Waals surface area contributed by atoms with E-state index in [-0.39, 0.29) is 19.4 Å². The number of rotatable bonds is 37. The zero-order valence-electron chi connectivity index (χ0n) is 33.9. The van der Waals surface area contributed by atoms with Crippen LogP contribution in [0.2, 0.25) is 0 Å². The molecule has 10 nitrogen and oxygen atoms in total. The first-order valence-electron chi connectivity index (χ1n) is 20.5. The third-order valence-electron chi connectivity index (χ3n) is 8.03. The average Bonchev–Trinajstić information content (AvgIpc) is 3.17. The first-order valence-corrected chi connectivity index (χ1v) is 22.0. The third-order valence-corrected chi connectivity index (χ3v) is 8.98. The predicted molar refractivity (Wildman–Crippen MR) is 223 cm³/mol. The normalized spacial score (nSPS) is 14.8. The molecule has 0 aromatic rings. The Hall–Kier alpha value is -2.85. The Labute approximate surface area is 332 Å². The minimum Gasteiger partial charge on any atom is -0.462 e. The number of hydrogen-bond acceptors (Lipinski definition) is 9. The van der Waals surface area contributed by atoms with Crippen molar-refractivity contribution in [2.24, 2.45) is 0 Å². The largest absolute Gasteiger partial charge is 0.472 e. The zero-order chi connectivity index (χ0) is 40.5. The Kier molecular flexibility index (Phi) is 37.3. The molecule has 0 spiro atoms. The van der Waals surface area contributed by atoms with Crippen LogP contribution in [0.3, 0.4) is 0 Å². The summed E-state index contributed by atoms with van der Waals surface area (Å²) in [5.41, 5.74) is 0. The summed E-state index contributed by atoms with van der Waals surface area (Å²) in [4.78, 5) is 34.9. The summed E-state index contributed by atoms with van der Waals surface area (Å²) < 4.78 is 32.6. The van der Waals surface area contributed by atoms with Crippen LogP contribution in [-0.4, -0.2) is 65.7 Å². The number of allylic oxidation sites excluding steroid dienone is 14. The summed E-state index contributed by atoms with van der Waals surface area (Å²) in [6.07, 6.45) is 45.5. The summed E-state index contributed by atoms with van der Waals surface area (Å²) >= 11 is 0. The summed E-state index contributed by atoms with van der Waals surface area (Å²) in [5.74, 6) is -1.01. The van der Waals surface area contributed by atoms with E-state index < -0.39 is 51.8 Å². The highest BCUT2D eigenvalue weighted by Gasteiger charge is 2.27. The summed E-state index contributed by atoms with van der Waals surface area (Å²) in [7, 11) is -4.64. The fourth-order valence-electron chi connectivity index (χ4n) is 4.87. The highest BCUT2D eigenvalue weighted by molar-refractivity contribution is 7.47. The van der Waals surface area contributed by atoms with E-state index in [1.807, 2.05) is 0 Å². The second-order valence-corrected chi connectivity index (χ2v) is 14.7. The van der Waals surface area contributed by atoms with Crippen molar-refractivity contribution in [2.45, 2.75) is 154 Å². The van der Waals surface area contributed by atoms with Gasteiger partial charge in [0.25, 0.3) is 0 Å². The van der Waals surface area contributed by atoms with E-state index >= 15 is 0 Å². The van der Waals surface area contributed by atoms with E-state index in [0.717, 1.165) is 83.5 Å². The van der Waals surface area contributed by atoms with Gasteiger partial charge in [-0.05, 0) is 89.9 Å². The zero-order valence-corrected chi connectivity index (χ0v) is 34.7. The Balaban J connectivity index is 4.46. The third kappa shape index (κ3) is 39.2. The van der Waals surface area contributed by atoms with Gasteiger partial charge < -0.3 is 24.6 Å². The second kappa shape index (κ2) is 39.4. The first kappa shape index (κ1) is 52.2.